The molecule has 2 N–H and O–H groups in total. The first-order valence-electron chi connectivity index (χ1n) is 7.88. The number of thiophene rings is 1. The van der Waals surface area contributed by atoms with Crippen LogP contribution in [0.2, 0.25) is 0 Å². The number of nitrogens with one attached hydrogen (secondary N) is 2. The Labute approximate surface area is 150 Å². The minimum Gasteiger partial charge on any atom is -0.326 e. The molecule has 126 valence electrons. The molecule has 3 aromatic rings. The Hall–Kier alpha value is -2.92. The smallest absolute Gasteiger partial charge is 0.265 e. The van der Waals surface area contributed by atoms with Crippen LogP contribution in [0.1, 0.15) is 22.2 Å². The summed E-state index contributed by atoms with van der Waals surface area (Å²) in [5, 5.41) is 5.59. The molecule has 2 aromatic carbocycles. The molecule has 1 heterocycles. The number of aryl methyl sites for hydroxylation is 1. The van der Waals surface area contributed by atoms with Gasteiger partial charge in [0.2, 0.25) is 5.91 Å². The highest BCUT2D eigenvalue weighted by Crippen LogP contribution is 2.32. The molecule has 3 rings (SSSR count). The van der Waals surface area contributed by atoms with E-state index in [1.165, 1.54) is 18.3 Å². The van der Waals surface area contributed by atoms with Crippen molar-refractivity contribution in [1.29, 1.82) is 0 Å². The highest BCUT2D eigenvalue weighted by molar-refractivity contribution is 7.17. The molecule has 0 atom stereocenters. The maximum Gasteiger partial charge on any atom is 0.265 e. The van der Waals surface area contributed by atoms with Crippen molar-refractivity contribution < 1.29 is 9.59 Å². The number of rotatable bonds is 4. The molecule has 0 radical (unpaired) electrons. The molecule has 0 aliphatic rings. The van der Waals surface area contributed by atoms with Crippen LogP contribution in [-0.2, 0) is 4.79 Å². The molecule has 1 aromatic heterocycles. The molecule has 25 heavy (non-hydrogen) atoms. The minimum atomic E-state index is -0.137. The van der Waals surface area contributed by atoms with E-state index in [1.54, 1.807) is 24.3 Å². The maximum atomic E-state index is 12.5. The molecule has 0 aliphatic heterocycles. The second kappa shape index (κ2) is 7.32. The fourth-order valence-corrected chi connectivity index (χ4v) is 3.58. The predicted molar refractivity (Wildman–Crippen MR) is 103 cm³/mol. The summed E-state index contributed by atoms with van der Waals surface area (Å²) in [6.07, 6.45) is 0. The van der Waals surface area contributed by atoms with Crippen LogP contribution >= 0.6 is 11.3 Å². The predicted octanol–water partition coefficient (Wildman–Crippen LogP) is 4.93. The molecule has 0 saturated carbocycles. The molecular weight excluding hydrogens is 332 g/mol. The Morgan fingerprint density at radius 1 is 0.880 bits per heavy atom. The summed E-state index contributed by atoms with van der Waals surface area (Å²) >= 11 is 1.48. The molecular formula is C20H18N2O2S. The van der Waals surface area contributed by atoms with Gasteiger partial charge in [-0.25, -0.2) is 0 Å². The SMILES string of the molecule is CC(=O)Nc1ccc(NC(=O)c2cc(C)c(-c3ccccc3)s2)cc1. The summed E-state index contributed by atoms with van der Waals surface area (Å²) in [5.74, 6) is -0.262. The Bertz CT molecular complexity index is 899. The van der Waals surface area contributed by atoms with Gasteiger partial charge in [-0.1, -0.05) is 30.3 Å². The Kier molecular flexibility index (Phi) is 4.95. The molecule has 0 bridgehead atoms. The molecule has 5 heteroatoms. The van der Waals surface area contributed by atoms with Crippen molar-refractivity contribution >= 4 is 34.5 Å². The lowest BCUT2D eigenvalue weighted by atomic mass is 10.1. The van der Waals surface area contributed by atoms with Crippen molar-refractivity contribution in [2.75, 3.05) is 10.6 Å². The number of carbonyl (C=O) groups is 2. The summed E-state index contributed by atoms with van der Waals surface area (Å²) in [6, 6.07) is 19.0. The summed E-state index contributed by atoms with van der Waals surface area (Å²) in [5.41, 5.74) is 3.58. The van der Waals surface area contributed by atoms with Crippen LogP contribution in [0.3, 0.4) is 0 Å². The number of hydrogen-bond donors (Lipinski definition) is 2. The van der Waals surface area contributed by atoms with E-state index in [-0.39, 0.29) is 11.8 Å². The Morgan fingerprint density at radius 3 is 2.08 bits per heavy atom. The lowest BCUT2D eigenvalue weighted by molar-refractivity contribution is -0.114. The molecule has 0 saturated heterocycles. The lowest BCUT2D eigenvalue weighted by Crippen LogP contribution is -2.10. The highest BCUT2D eigenvalue weighted by atomic mass is 32.1. The zero-order valence-corrected chi connectivity index (χ0v) is 14.8. The highest BCUT2D eigenvalue weighted by Gasteiger charge is 2.14. The number of amides is 2. The van der Waals surface area contributed by atoms with E-state index in [0.717, 1.165) is 16.0 Å². The second-order valence-corrected chi connectivity index (χ2v) is 6.75. The van der Waals surface area contributed by atoms with Gasteiger partial charge in [0.05, 0.1) is 4.88 Å². The normalized spacial score (nSPS) is 10.3. The molecule has 0 unspecified atom stereocenters. The van der Waals surface area contributed by atoms with Gasteiger partial charge in [0.15, 0.2) is 0 Å². The maximum absolute atomic E-state index is 12.5. The van der Waals surface area contributed by atoms with Gasteiger partial charge in [0, 0.05) is 23.2 Å². The first-order chi connectivity index (χ1) is 12.0. The molecule has 2 amide bonds. The van der Waals surface area contributed by atoms with Gasteiger partial charge in [-0.15, -0.1) is 11.3 Å². The zero-order chi connectivity index (χ0) is 17.8. The van der Waals surface area contributed by atoms with E-state index in [4.69, 9.17) is 0 Å². The average Bonchev–Trinajstić information content (AvgIpc) is 2.99. The summed E-state index contributed by atoms with van der Waals surface area (Å²) in [6.45, 7) is 3.47. The third-order valence-corrected chi connectivity index (χ3v) is 4.93. The molecule has 4 nitrogen and oxygen atoms in total. The van der Waals surface area contributed by atoms with Crippen LogP contribution in [0.4, 0.5) is 11.4 Å². The first-order valence-corrected chi connectivity index (χ1v) is 8.69. The summed E-state index contributed by atoms with van der Waals surface area (Å²) in [4.78, 5) is 25.3. The van der Waals surface area contributed by atoms with Crippen LogP contribution in [0, 0.1) is 6.92 Å². The van der Waals surface area contributed by atoms with Crippen molar-refractivity contribution in [3.05, 3.63) is 71.1 Å². The minimum absolute atomic E-state index is 0.126. The molecule has 0 spiro atoms. The van der Waals surface area contributed by atoms with Gasteiger partial charge in [0.1, 0.15) is 0 Å². The van der Waals surface area contributed by atoms with Gasteiger partial charge in [0.25, 0.3) is 5.91 Å². The third kappa shape index (κ3) is 4.14. The van der Waals surface area contributed by atoms with Gasteiger partial charge in [-0.2, -0.15) is 0 Å². The van der Waals surface area contributed by atoms with Crippen molar-refractivity contribution in [1.82, 2.24) is 0 Å². The standard InChI is InChI=1S/C20H18N2O2S/c1-13-12-18(25-19(13)15-6-4-3-5-7-15)20(24)22-17-10-8-16(9-11-17)21-14(2)23/h3-12H,1-2H3,(H,21,23)(H,22,24). The third-order valence-electron chi connectivity index (χ3n) is 3.64. The Morgan fingerprint density at radius 2 is 1.48 bits per heavy atom. The van der Waals surface area contributed by atoms with Gasteiger partial charge in [-0.05, 0) is 48.4 Å². The van der Waals surface area contributed by atoms with E-state index < -0.39 is 0 Å². The van der Waals surface area contributed by atoms with Crippen LogP contribution in [-0.4, -0.2) is 11.8 Å². The fourth-order valence-electron chi connectivity index (χ4n) is 2.50. The number of carbonyl (C=O) groups excluding carboxylic acids is 2. The van der Waals surface area contributed by atoms with Crippen molar-refractivity contribution in [3.8, 4) is 10.4 Å². The lowest BCUT2D eigenvalue weighted by Gasteiger charge is -2.06. The van der Waals surface area contributed by atoms with E-state index in [1.807, 2.05) is 43.3 Å². The fraction of sp³-hybridized carbons (Fsp3) is 0.100. The van der Waals surface area contributed by atoms with E-state index >= 15 is 0 Å². The first kappa shape index (κ1) is 16.9. The van der Waals surface area contributed by atoms with Gasteiger partial charge >= 0.3 is 0 Å². The largest absolute Gasteiger partial charge is 0.326 e. The summed E-state index contributed by atoms with van der Waals surface area (Å²) < 4.78 is 0. The van der Waals surface area contributed by atoms with Crippen molar-refractivity contribution in [3.63, 3.8) is 0 Å². The second-order valence-electron chi connectivity index (χ2n) is 5.70. The van der Waals surface area contributed by atoms with E-state index in [9.17, 15) is 9.59 Å². The van der Waals surface area contributed by atoms with Crippen LogP contribution in [0.15, 0.2) is 60.7 Å². The average molecular weight is 350 g/mol. The van der Waals surface area contributed by atoms with Crippen LogP contribution < -0.4 is 10.6 Å². The molecule has 0 fully saturated rings. The van der Waals surface area contributed by atoms with E-state index in [0.29, 0.717) is 16.3 Å². The van der Waals surface area contributed by atoms with Crippen molar-refractivity contribution in [2.24, 2.45) is 0 Å². The zero-order valence-electron chi connectivity index (χ0n) is 14.0. The number of benzene rings is 2. The summed E-state index contributed by atoms with van der Waals surface area (Å²) in [7, 11) is 0. The van der Waals surface area contributed by atoms with Crippen LogP contribution in [0.5, 0.6) is 0 Å². The van der Waals surface area contributed by atoms with E-state index in [2.05, 4.69) is 10.6 Å². The monoisotopic (exact) mass is 350 g/mol. The van der Waals surface area contributed by atoms with Gasteiger partial charge < -0.3 is 10.6 Å². The number of anilines is 2. The Balaban J connectivity index is 1.75. The van der Waals surface area contributed by atoms with Crippen LogP contribution in [0.25, 0.3) is 10.4 Å². The van der Waals surface area contributed by atoms with Crippen molar-refractivity contribution in [2.45, 2.75) is 13.8 Å². The van der Waals surface area contributed by atoms with Gasteiger partial charge in [-0.3, -0.25) is 9.59 Å². The topological polar surface area (TPSA) is 58.2 Å². The quantitative estimate of drug-likeness (QED) is 0.700. The molecule has 0 aliphatic carbocycles. The number of hydrogen-bond acceptors (Lipinski definition) is 3.